The summed E-state index contributed by atoms with van der Waals surface area (Å²) < 4.78 is 0. The first kappa shape index (κ1) is 19.6. The first-order valence-corrected chi connectivity index (χ1v) is 7.66. The summed E-state index contributed by atoms with van der Waals surface area (Å²) in [5.74, 6) is -0.175. The minimum absolute atomic E-state index is 0.175. The summed E-state index contributed by atoms with van der Waals surface area (Å²) in [6.45, 7) is 3.47. The number of unbranched alkanes of at least 4 members (excludes halogenated alkanes) is 2. The monoisotopic (exact) mass is 295 g/mol. The lowest BCUT2D eigenvalue weighted by Crippen LogP contribution is -2.44. The smallest absolute Gasteiger partial charge is 0.220 e. The Morgan fingerprint density at radius 3 is 2.19 bits per heavy atom. The maximum atomic E-state index is 11.2. The molecule has 0 saturated heterocycles. The number of carbonyl (C=O) groups is 1. The van der Waals surface area contributed by atoms with Gasteiger partial charge in [0.2, 0.25) is 5.91 Å². The zero-order valence-electron chi connectivity index (χ0n) is 13.2. The molecule has 0 aromatic heterocycles. The van der Waals surface area contributed by atoms with E-state index in [2.05, 4.69) is 23.5 Å². The van der Waals surface area contributed by atoms with E-state index >= 15 is 0 Å². The van der Waals surface area contributed by atoms with Gasteiger partial charge in [0.25, 0.3) is 0 Å². The van der Waals surface area contributed by atoms with E-state index in [-0.39, 0.29) is 12.5 Å². The van der Waals surface area contributed by atoms with Gasteiger partial charge in [-0.15, -0.1) is 0 Å². The van der Waals surface area contributed by atoms with Crippen LogP contribution in [0.25, 0.3) is 0 Å². The standard InChI is InChI=1S/C17H29NO3/c1-3-5-6-7-8-9-10-11-12-13-16(20)15(14-19)18-17(21)4-2/h3,5,8-9,12-13,15-16,19-20H,4,6-7,10-11,14H2,1-2H3,(H,18,21)/b5-3+,9-8+,13-12+. The van der Waals surface area contributed by atoms with Crippen LogP contribution in [0.1, 0.15) is 46.0 Å². The number of hydrogen-bond donors (Lipinski definition) is 3. The van der Waals surface area contributed by atoms with Crippen LogP contribution >= 0.6 is 0 Å². The Hall–Kier alpha value is -1.39. The summed E-state index contributed by atoms with van der Waals surface area (Å²) in [5.41, 5.74) is 0. The van der Waals surface area contributed by atoms with Gasteiger partial charge in [0, 0.05) is 6.42 Å². The van der Waals surface area contributed by atoms with Gasteiger partial charge < -0.3 is 15.5 Å². The van der Waals surface area contributed by atoms with Crippen LogP contribution in [-0.4, -0.2) is 34.9 Å². The highest BCUT2D eigenvalue weighted by molar-refractivity contribution is 5.75. The largest absolute Gasteiger partial charge is 0.394 e. The van der Waals surface area contributed by atoms with Gasteiger partial charge in [-0.05, 0) is 32.6 Å². The highest BCUT2D eigenvalue weighted by atomic mass is 16.3. The molecule has 21 heavy (non-hydrogen) atoms. The number of allylic oxidation sites excluding steroid dienone is 5. The zero-order valence-corrected chi connectivity index (χ0v) is 13.2. The number of hydrogen-bond acceptors (Lipinski definition) is 3. The summed E-state index contributed by atoms with van der Waals surface area (Å²) in [7, 11) is 0. The summed E-state index contributed by atoms with van der Waals surface area (Å²) in [6, 6.07) is -0.634. The van der Waals surface area contributed by atoms with Gasteiger partial charge in [-0.3, -0.25) is 4.79 Å². The van der Waals surface area contributed by atoms with Crippen molar-refractivity contribution in [2.45, 2.75) is 58.1 Å². The predicted molar refractivity (Wildman–Crippen MR) is 86.9 cm³/mol. The van der Waals surface area contributed by atoms with Crippen LogP contribution in [0.2, 0.25) is 0 Å². The van der Waals surface area contributed by atoms with E-state index in [1.165, 1.54) is 0 Å². The normalized spacial score (nSPS) is 15.0. The highest BCUT2D eigenvalue weighted by Gasteiger charge is 2.16. The average molecular weight is 295 g/mol. The van der Waals surface area contributed by atoms with E-state index in [4.69, 9.17) is 5.11 Å². The van der Waals surface area contributed by atoms with Crippen LogP contribution in [0, 0.1) is 0 Å². The Bertz CT molecular complexity index is 348. The lowest BCUT2D eigenvalue weighted by atomic mass is 10.1. The predicted octanol–water partition coefficient (Wildman–Crippen LogP) is 2.48. The number of aliphatic hydroxyl groups is 2. The van der Waals surface area contributed by atoms with Crippen LogP contribution in [0.5, 0.6) is 0 Å². The molecule has 0 aromatic rings. The third kappa shape index (κ3) is 11.0. The summed E-state index contributed by atoms with van der Waals surface area (Å²) in [4.78, 5) is 11.2. The topological polar surface area (TPSA) is 69.6 Å². The van der Waals surface area contributed by atoms with Crippen LogP contribution in [0.3, 0.4) is 0 Å². The molecule has 0 aliphatic carbocycles. The number of aliphatic hydroxyl groups excluding tert-OH is 2. The van der Waals surface area contributed by atoms with Crippen molar-refractivity contribution in [2.75, 3.05) is 6.61 Å². The van der Waals surface area contributed by atoms with Crippen molar-refractivity contribution < 1.29 is 15.0 Å². The number of nitrogens with one attached hydrogen (secondary N) is 1. The highest BCUT2D eigenvalue weighted by Crippen LogP contribution is 2.01. The molecule has 0 spiro atoms. The Morgan fingerprint density at radius 1 is 1.10 bits per heavy atom. The van der Waals surface area contributed by atoms with Crippen molar-refractivity contribution >= 4 is 5.91 Å². The second-order valence-electron chi connectivity index (χ2n) is 4.82. The van der Waals surface area contributed by atoms with Gasteiger partial charge in [-0.25, -0.2) is 0 Å². The molecule has 2 unspecified atom stereocenters. The van der Waals surface area contributed by atoms with Crippen LogP contribution < -0.4 is 5.32 Å². The fourth-order valence-corrected chi connectivity index (χ4v) is 1.70. The van der Waals surface area contributed by atoms with Crippen molar-refractivity contribution in [3.05, 3.63) is 36.5 Å². The molecule has 0 heterocycles. The minimum Gasteiger partial charge on any atom is -0.394 e. The molecule has 0 saturated carbocycles. The van der Waals surface area contributed by atoms with Gasteiger partial charge in [0.15, 0.2) is 0 Å². The molecule has 0 fully saturated rings. The van der Waals surface area contributed by atoms with E-state index in [9.17, 15) is 9.90 Å². The molecule has 0 rings (SSSR count). The first-order chi connectivity index (χ1) is 10.2. The number of rotatable bonds is 11. The molecule has 4 heteroatoms. The van der Waals surface area contributed by atoms with Crippen LogP contribution in [0.15, 0.2) is 36.5 Å². The third-order valence-electron chi connectivity index (χ3n) is 3.01. The molecule has 0 aliphatic heterocycles. The molecule has 0 aliphatic rings. The minimum atomic E-state index is -0.857. The maximum absolute atomic E-state index is 11.2. The van der Waals surface area contributed by atoms with E-state index in [1.54, 1.807) is 13.0 Å². The molecule has 0 aromatic carbocycles. The molecule has 0 radical (unpaired) electrons. The maximum Gasteiger partial charge on any atom is 0.220 e. The SMILES string of the molecule is C/C=C/CC/C=C/CC/C=C/C(O)C(CO)NC(=O)CC. The zero-order chi connectivity index (χ0) is 15.9. The van der Waals surface area contributed by atoms with E-state index in [1.807, 2.05) is 19.1 Å². The van der Waals surface area contributed by atoms with E-state index in [0.29, 0.717) is 6.42 Å². The Morgan fingerprint density at radius 2 is 1.67 bits per heavy atom. The molecule has 120 valence electrons. The quantitative estimate of drug-likeness (QED) is 0.405. The molecule has 4 nitrogen and oxygen atoms in total. The Kier molecular flexibility index (Phi) is 12.7. The van der Waals surface area contributed by atoms with Gasteiger partial charge in [0.05, 0.1) is 18.8 Å². The van der Waals surface area contributed by atoms with Gasteiger partial charge in [-0.2, -0.15) is 0 Å². The van der Waals surface area contributed by atoms with Crippen molar-refractivity contribution in [3.8, 4) is 0 Å². The van der Waals surface area contributed by atoms with E-state index < -0.39 is 12.1 Å². The van der Waals surface area contributed by atoms with Crippen molar-refractivity contribution in [1.29, 1.82) is 0 Å². The van der Waals surface area contributed by atoms with Crippen molar-refractivity contribution in [1.82, 2.24) is 5.32 Å². The van der Waals surface area contributed by atoms with Gasteiger partial charge in [0.1, 0.15) is 0 Å². The van der Waals surface area contributed by atoms with Gasteiger partial charge >= 0.3 is 0 Å². The van der Waals surface area contributed by atoms with Crippen LogP contribution in [-0.2, 0) is 4.79 Å². The molecule has 0 bridgehead atoms. The lowest BCUT2D eigenvalue weighted by Gasteiger charge is -2.19. The average Bonchev–Trinajstić information content (AvgIpc) is 2.50. The van der Waals surface area contributed by atoms with Gasteiger partial charge in [-0.1, -0.05) is 43.4 Å². The van der Waals surface area contributed by atoms with E-state index in [0.717, 1.165) is 25.7 Å². The molecule has 1 amide bonds. The Balaban J connectivity index is 3.91. The molecular weight excluding hydrogens is 266 g/mol. The number of carbonyl (C=O) groups excluding carboxylic acids is 1. The van der Waals surface area contributed by atoms with Crippen molar-refractivity contribution in [2.24, 2.45) is 0 Å². The lowest BCUT2D eigenvalue weighted by molar-refractivity contribution is -0.122. The fourth-order valence-electron chi connectivity index (χ4n) is 1.70. The fraction of sp³-hybridized carbons (Fsp3) is 0.588. The second-order valence-corrected chi connectivity index (χ2v) is 4.82. The first-order valence-electron chi connectivity index (χ1n) is 7.66. The van der Waals surface area contributed by atoms with Crippen LogP contribution in [0.4, 0.5) is 0 Å². The number of amides is 1. The summed E-state index contributed by atoms with van der Waals surface area (Å²) in [6.07, 6.45) is 15.3. The molecule has 3 N–H and O–H groups in total. The molecular formula is C17H29NO3. The second kappa shape index (κ2) is 13.6. The Labute approximate surface area is 128 Å². The summed E-state index contributed by atoms with van der Waals surface area (Å²) in [5, 5.41) is 21.6. The van der Waals surface area contributed by atoms with Crippen molar-refractivity contribution in [3.63, 3.8) is 0 Å². The third-order valence-corrected chi connectivity index (χ3v) is 3.01. The summed E-state index contributed by atoms with van der Waals surface area (Å²) >= 11 is 0. The molecule has 2 atom stereocenters.